The Labute approximate surface area is 124 Å². The largest absolute Gasteiger partial charge is 0.457 e. The van der Waals surface area contributed by atoms with Gasteiger partial charge < -0.3 is 15.2 Å². The third kappa shape index (κ3) is 4.03. The third-order valence-corrected chi connectivity index (χ3v) is 3.26. The highest BCUT2D eigenvalue weighted by Gasteiger charge is 2.13. The minimum absolute atomic E-state index is 0.0123. The Morgan fingerprint density at radius 2 is 2.05 bits per heavy atom. The molecule has 0 saturated heterocycles. The van der Waals surface area contributed by atoms with Crippen molar-refractivity contribution >= 4 is 0 Å². The van der Waals surface area contributed by atoms with Crippen LogP contribution in [-0.2, 0) is 6.61 Å². The molecule has 21 heavy (non-hydrogen) atoms. The molecule has 4 heteroatoms. The first-order valence-corrected chi connectivity index (χ1v) is 7.04. The zero-order valence-electron chi connectivity index (χ0n) is 12.3. The lowest BCUT2D eigenvalue weighted by Gasteiger charge is -2.18. The van der Waals surface area contributed by atoms with E-state index in [-0.39, 0.29) is 18.5 Å². The summed E-state index contributed by atoms with van der Waals surface area (Å²) in [7, 11) is 0. The van der Waals surface area contributed by atoms with Crippen LogP contribution in [0.25, 0.3) is 0 Å². The Balaban J connectivity index is 2.30. The lowest BCUT2D eigenvalue weighted by molar-refractivity contribution is 0.281. The van der Waals surface area contributed by atoms with Crippen LogP contribution in [0.2, 0.25) is 0 Å². The van der Waals surface area contributed by atoms with Gasteiger partial charge in [0.1, 0.15) is 17.3 Å². The Hall–Kier alpha value is -1.91. The van der Waals surface area contributed by atoms with E-state index in [1.54, 1.807) is 12.1 Å². The van der Waals surface area contributed by atoms with E-state index in [0.717, 1.165) is 17.7 Å². The number of aliphatic hydroxyl groups excluding tert-OH is 1. The van der Waals surface area contributed by atoms with Crippen LogP contribution in [0.4, 0.5) is 4.39 Å². The molecule has 1 atom stereocenters. The molecule has 0 radical (unpaired) electrons. The predicted octanol–water partition coefficient (Wildman–Crippen LogP) is 3.78. The van der Waals surface area contributed by atoms with Gasteiger partial charge >= 0.3 is 0 Å². The van der Waals surface area contributed by atoms with Crippen LogP contribution in [0.3, 0.4) is 0 Å². The highest BCUT2D eigenvalue weighted by Crippen LogP contribution is 2.30. The van der Waals surface area contributed by atoms with Crippen LogP contribution < -0.4 is 10.1 Å². The fourth-order valence-electron chi connectivity index (χ4n) is 2.20. The molecular formula is C17H20FNO2. The van der Waals surface area contributed by atoms with E-state index < -0.39 is 0 Å². The molecule has 0 spiro atoms. The van der Waals surface area contributed by atoms with Crippen LogP contribution >= 0.6 is 0 Å². The summed E-state index contributed by atoms with van der Waals surface area (Å²) in [6.45, 7) is 4.72. The number of hydrogen-bond donors (Lipinski definition) is 2. The molecule has 0 heterocycles. The van der Waals surface area contributed by atoms with E-state index >= 15 is 0 Å². The maximum Gasteiger partial charge on any atom is 0.132 e. The molecule has 0 amide bonds. The number of halogens is 1. The maximum atomic E-state index is 13.5. The van der Waals surface area contributed by atoms with Gasteiger partial charge in [0, 0.05) is 11.6 Å². The van der Waals surface area contributed by atoms with E-state index in [1.807, 2.05) is 32.0 Å². The minimum Gasteiger partial charge on any atom is -0.457 e. The molecule has 0 aromatic heterocycles. The van der Waals surface area contributed by atoms with Gasteiger partial charge in [-0.05, 0) is 49.4 Å². The molecule has 2 aromatic rings. The van der Waals surface area contributed by atoms with Crippen molar-refractivity contribution in [3.05, 3.63) is 59.4 Å². The van der Waals surface area contributed by atoms with Crippen LogP contribution in [-0.4, -0.2) is 11.7 Å². The van der Waals surface area contributed by atoms with Gasteiger partial charge in [-0.1, -0.05) is 19.1 Å². The second-order valence-corrected chi connectivity index (χ2v) is 4.87. The summed E-state index contributed by atoms with van der Waals surface area (Å²) in [6, 6.07) is 11.7. The zero-order valence-corrected chi connectivity index (χ0v) is 12.3. The van der Waals surface area contributed by atoms with Crippen molar-refractivity contribution in [3.63, 3.8) is 0 Å². The summed E-state index contributed by atoms with van der Waals surface area (Å²) in [6.07, 6.45) is 0. The van der Waals surface area contributed by atoms with Gasteiger partial charge in [0.2, 0.25) is 0 Å². The van der Waals surface area contributed by atoms with Crippen LogP contribution in [0, 0.1) is 5.82 Å². The van der Waals surface area contributed by atoms with Crippen molar-refractivity contribution < 1.29 is 14.2 Å². The molecule has 2 aromatic carbocycles. The quantitative estimate of drug-likeness (QED) is 0.850. The van der Waals surface area contributed by atoms with Crippen LogP contribution in [0.15, 0.2) is 42.5 Å². The van der Waals surface area contributed by atoms with Crippen LogP contribution in [0.5, 0.6) is 11.5 Å². The zero-order chi connectivity index (χ0) is 15.2. The summed E-state index contributed by atoms with van der Waals surface area (Å²) in [5.41, 5.74) is 1.54. The van der Waals surface area contributed by atoms with E-state index in [0.29, 0.717) is 11.5 Å². The van der Waals surface area contributed by atoms with E-state index in [1.165, 1.54) is 12.1 Å². The summed E-state index contributed by atoms with van der Waals surface area (Å²) >= 11 is 0. The molecule has 0 bridgehead atoms. The molecule has 0 aliphatic rings. The Bertz CT molecular complexity index is 601. The van der Waals surface area contributed by atoms with Gasteiger partial charge in [0.25, 0.3) is 0 Å². The van der Waals surface area contributed by atoms with Crippen molar-refractivity contribution in [1.29, 1.82) is 0 Å². The van der Waals surface area contributed by atoms with E-state index in [2.05, 4.69) is 5.32 Å². The first kappa shape index (κ1) is 15.5. The molecule has 1 unspecified atom stereocenters. The molecular weight excluding hydrogens is 269 g/mol. The van der Waals surface area contributed by atoms with Gasteiger partial charge in [-0.3, -0.25) is 0 Å². The molecule has 0 aliphatic heterocycles. The van der Waals surface area contributed by atoms with Crippen LogP contribution in [0.1, 0.15) is 31.0 Å². The second-order valence-electron chi connectivity index (χ2n) is 4.87. The second kappa shape index (κ2) is 7.20. The Morgan fingerprint density at radius 1 is 1.24 bits per heavy atom. The number of rotatable bonds is 6. The fraction of sp³-hybridized carbons (Fsp3) is 0.294. The van der Waals surface area contributed by atoms with E-state index in [9.17, 15) is 4.39 Å². The number of benzene rings is 2. The van der Waals surface area contributed by atoms with Crippen molar-refractivity contribution in [1.82, 2.24) is 5.32 Å². The first-order chi connectivity index (χ1) is 10.1. The van der Waals surface area contributed by atoms with Crippen molar-refractivity contribution in [2.75, 3.05) is 6.54 Å². The fourth-order valence-corrected chi connectivity index (χ4v) is 2.20. The topological polar surface area (TPSA) is 41.5 Å². The highest BCUT2D eigenvalue weighted by molar-refractivity contribution is 5.40. The van der Waals surface area contributed by atoms with Crippen molar-refractivity contribution in [2.45, 2.75) is 26.5 Å². The highest BCUT2D eigenvalue weighted by atomic mass is 19.1. The average Bonchev–Trinajstić information content (AvgIpc) is 2.49. The summed E-state index contributed by atoms with van der Waals surface area (Å²) < 4.78 is 19.3. The Morgan fingerprint density at radius 3 is 2.76 bits per heavy atom. The molecule has 0 aliphatic carbocycles. The number of ether oxygens (including phenoxy) is 1. The van der Waals surface area contributed by atoms with Crippen molar-refractivity contribution in [2.24, 2.45) is 0 Å². The molecule has 0 saturated carbocycles. The normalized spacial score (nSPS) is 12.2. The molecule has 3 nitrogen and oxygen atoms in total. The van der Waals surface area contributed by atoms with Gasteiger partial charge in [-0.2, -0.15) is 0 Å². The molecule has 2 N–H and O–H groups in total. The van der Waals surface area contributed by atoms with E-state index in [4.69, 9.17) is 9.84 Å². The monoisotopic (exact) mass is 289 g/mol. The molecule has 2 rings (SSSR count). The lowest BCUT2D eigenvalue weighted by atomic mass is 10.1. The lowest BCUT2D eigenvalue weighted by Crippen LogP contribution is -2.18. The third-order valence-electron chi connectivity index (χ3n) is 3.26. The molecule has 112 valence electrons. The average molecular weight is 289 g/mol. The molecule has 0 fully saturated rings. The summed E-state index contributed by atoms with van der Waals surface area (Å²) in [5, 5.41) is 12.4. The van der Waals surface area contributed by atoms with Gasteiger partial charge in [-0.15, -0.1) is 0 Å². The first-order valence-electron chi connectivity index (χ1n) is 7.04. The number of nitrogens with one attached hydrogen (secondary N) is 1. The number of hydrogen-bond acceptors (Lipinski definition) is 3. The Kier molecular flexibility index (Phi) is 5.31. The SMILES string of the molecule is CCNC(C)c1cc(F)ccc1Oc1cccc(CO)c1. The van der Waals surface area contributed by atoms with Gasteiger partial charge in [0.05, 0.1) is 6.61 Å². The van der Waals surface area contributed by atoms with Gasteiger partial charge in [-0.25, -0.2) is 4.39 Å². The van der Waals surface area contributed by atoms with Gasteiger partial charge in [0.15, 0.2) is 0 Å². The predicted molar refractivity (Wildman–Crippen MR) is 80.9 cm³/mol. The van der Waals surface area contributed by atoms with Crippen molar-refractivity contribution in [3.8, 4) is 11.5 Å². The minimum atomic E-state index is -0.286. The summed E-state index contributed by atoms with van der Waals surface area (Å²) in [5.74, 6) is 0.948. The smallest absolute Gasteiger partial charge is 0.132 e. The standard InChI is InChI=1S/C17H20FNO2/c1-3-19-12(2)16-10-14(18)7-8-17(16)21-15-6-4-5-13(9-15)11-20/h4-10,12,19-20H,3,11H2,1-2H3. The summed E-state index contributed by atoms with van der Waals surface area (Å²) in [4.78, 5) is 0. The maximum absolute atomic E-state index is 13.5. The number of aliphatic hydroxyl groups is 1.